The molecule has 0 bridgehead atoms. The summed E-state index contributed by atoms with van der Waals surface area (Å²) in [5, 5.41) is 2.62. The summed E-state index contributed by atoms with van der Waals surface area (Å²) in [4.78, 5) is 36.2. The maximum absolute atomic E-state index is 12.6. The number of rotatable bonds is 6. The van der Waals surface area contributed by atoms with Gasteiger partial charge in [0.1, 0.15) is 0 Å². The minimum absolute atomic E-state index is 0.371. The van der Waals surface area contributed by atoms with Gasteiger partial charge in [-0.25, -0.2) is 9.59 Å². The van der Waals surface area contributed by atoms with E-state index in [1.165, 1.54) is 19.2 Å². The molecule has 2 aromatic carbocycles. The number of anilines is 1. The summed E-state index contributed by atoms with van der Waals surface area (Å²) in [5.41, 5.74) is 4.99. The van der Waals surface area contributed by atoms with Crippen molar-refractivity contribution >= 4 is 23.5 Å². The van der Waals surface area contributed by atoms with Crippen LogP contribution in [0.3, 0.4) is 0 Å². The van der Waals surface area contributed by atoms with E-state index in [1.807, 2.05) is 49.6 Å². The van der Waals surface area contributed by atoms with Gasteiger partial charge in [0.2, 0.25) is 0 Å². The Kier molecular flexibility index (Phi) is 6.55. The zero-order valence-corrected chi connectivity index (χ0v) is 17.9. The lowest BCUT2D eigenvalue weighted by molar-refractivity contribution is -0.119. The lowest BCUT2D eigenvalue weighted by Gasteiger charge is -2.10. The summed E-state index contributed by atoms with van der Waals surface area (Å²) in [6.07, 6.45) is 0. The second-order valence-corrected chi connectivity index (χ2v) is 7.15. The molecule has 1 amide bonds. The molecule has 0 saturated heterocycles. The molecule has 0 aliphatic heterocycles. The van der Waals surface area contributed by atoms with Crippen LogP contribution in [0.4, 0.5) is 5.69 Å². The van der Waals surface area contributed by atoms with Crippen LogP contribution in [0.5, 0.6) is 0 Å². The van der Waals surface area contributed by atoms with Gasteiger partial charge in [-0.15, -0.1) is 0 Å². The molecule has 0 aliphatic carbocycles. The number of amides is 1. The van der Waals surface area contributed by atoms with Crippen molar-refractivity contribution in [3.05, 3.63) is 82.7 Å². The van der Waals surface area contributed by atoms with Gasteiger partial charge >= 0.3 is 11.9 Å². The lowest BCUT2D eigenvalue weighted by Crippen LogP contribution is -2.21. The monoisotopic (exact) mass is 420 g/mol. The van der Waals surface area contributed by atoms with Crippen LogP contribution >= 0.6 is 0 Å². The third kappa shape index (κ3) is 5.01. The van der Waals surface area contributed by atoms with Gasteiger partial charge in [-0.1, -0.05) is 17.7 Å². The average Bonchev–Trinajstić information content (AvgIpc) is 3.06. The minimum Gasteiger partial charge on any atom is -0.465 e. The first-order chi connectivity index (χ1) is 14.8. The molecule has 160 valence electrons. The fraction of sp³-hybridized carbons (Fsp3) is 0.208. The molecule has 0 unspecified atom stereocenters. The standard InChI is InChI=1S/C24H24N2O5/c1-15-5-11-20(12-6-15)26-16(2)13-21(17(26)3)24(29)31-14-22(27)25-19-9-7-18(8-10-19)23(28)30-4/h5-13H,14H2,1-4H3,(H,25,27). The summed E-state index contributed by atoms with van der Waals surface area (Å²) in [5.74, 6) is -1.51. The van der Waals surface area contributed by atoms with Crippen LogP contribution in [0.15, 0.2) is 54.6 Å². The largest absolute Gasteiger partial charge is 0.465 e. The fourth-order valence-corrected chi connectivity index (χ4v) is 3.27. The Labute approximate surface area is 180 Å². The first-order valence-corrected chi connectivity index (χ1v) is 9.71. The normalized spacial score (nSPS) is 10.5. The number of aryl methyl sites for hydroxylation is 2. The van der Waals surface area contributed by atoms with Crippen molar-refractivity contribution in [2.45, 2.75) is 20.8 Å². The molecular weight excluding hydrogens is 396 g/mol. The first kappa shape index (κ1) is 21.8. The summed E-state index contributed by atoms with van der Waals surface area (Å²) in [7, 11) is 1.30. The maximum Gasteiger partial charge on any atom is 0.340 e. The Morgan fingerprint density at radius 1 is 0.903 bits per heavy atom. The number of nitrogens with zero attached hydrogens (tertiary/aromatic N) is 1. The van der Waals surface area contributed by atoms with Crippen LogP contribution in [-0.2, 0) is 14.3 Å². The highest BCUT2D eigenvalue weighted by atomic mass is 16.5. The molecule has 0 fully saturated rings. The number of hydrogen-bond acceptors (Lipinski definition) is 5. The van der Waals surface area contributed by atoms with Crippen molar-refractivity contribution in [2.24, 2.45) is 0 Å². The molecule has 0 spiro atoms. The van der Waals surface area contributed by atoms with E-state index in [0.29, 0.717) is 16.8 Å². The SMILES string of the molecule is COC(=O)c1ccc(NC(=O)COC(=O)c2cc(C)n(-c3ccc(C)cc3)c2C)cc1. The first-order valence-electron chi connectivity index (χ1n) is 9.71. The number of nitrogens with one attached hydrogen (secondary N) is 1. The predicted octanol–water partition coefficient (Wildman–Crippen LogP) is 3.98. The molecule has 0 aliphatic rings. The Morgan fingerprint density at radius 2 is 1.55 bits per heavy atom. The van der Waals surface area contributed by atoms with Gasteiger partial charge in [0.15, 0.2) is 6.61 Å². The summed E-state index contributed by atoms with van der Waals surface area (Å²) >= 11 is 0. The minimum atomic E-state index is -0.567. The summed E-state index contributed by atoms with van der Waals surface area (Å²) in [6, 6.07) is 16.0. The highest BCUT2D eigenvalue weighted by Gasteiger charge is 2.19. The molecule has 31 heavy (non-hydrogen) atoms. The Balaban J connectivity index is 1.63. The number of methoxy groups -OCH3 is 1. The van der Waals surface area contributed by atoms with Gasteiger partial charge in [0.25, 0.3) is 5.91 Å². The van der Waals surface area contributed by atoms with E-state index in [9.17, 15) is 14.4 Å². The third-order valence-corrected chi connectivity index (χ3v) is 4.87. The van der Waals surface area contributed by atoms with E-state index in [2.05, 4.69) is 10.1 Å². The smallest absolute Gasteiger partial charge is 0.340 e. The van der Waals surface area contributed by atoms with Crippen LogP contribution in [0.2, 0.25) is 0 Å². The lowest BCUT2D eigenvalue weighted by atomic mass is 10.2. The molecule has 0 saturated carbocycles. The van der Waals surface area contributed by atoms with Gasteiger partial charge in [0, 0.05) is 22.8 Å². The van der Waals surface area contributed by atoms with E-state index in [1.54, 1.807) is 18.2 Å². The molecule has 1 aromatic heterocycles. The number of hydrogen-bond donors (Lipinski definition) is 1. The van der Waals surface area contributed by atoms with E-state index >= 15 is 0 Å². The van der Waals surface area contributed by atoms with Gasteiger partial charge in [-0.2, -0.15) is 0 Å². The van der Waals surface area contributed by atoms with E-state index in [0.717, 1.165) is 22.6 Å². The number of esters is 2. The number of ether oxygens (including phenoxy) is 2. The summed E-state index contributed by atoms with van der Waals surface area (Å²) in [6.45, 7) is 5.34. The molecule has 3 rings (SSSR count). The topological polar surface area (TPSA) is 86.6 Å². The van der Waals surface area contributed by atoms with Crippen molar-refractivity contribution in [3.8, 4) is 5.69 Å². The van der Waals surface area contributed by atoms with Gasteiger partial charge in [0.05, 0.1) is 18.2 Å². The van der Waals surface area contributed by atoms with Gasteiger partial charge in [-0.3, -0.25) is 4.79 Å². The van der Waals surface area contributed by atoms with E-state index < -0.39 is 24.5 Å². The summed E-state index contributed by atoms with van der Waals surface area (Å²) < 4.78 is 11.8. The molecule has 0 radical (unpaired) electrons. The van der Waals surface area contributed by atoms with Crippen molar-refractivity contribution in [3.63, 3.8) is 0 Å². The highest BCUT2D eigenvalue weighted by Crippen LogP contribution is 2.22. The molecule has 1 heterocycles. The van der Waals surface area contributed by atoms with Crippen LogP contribution in [-0.4, -0.2) is 36.1 Å². The number of carbonyl (C=O) groups excluding carboxylic acids is 3. The molecule has 7 heteroatoms. The third-order valence-electron chi connectivity index (χ3n) is 4.87. The van der Waals surface area contributed by atoms with Crippen molar-refractivity contribution in [1.82, 2.24) is 4.57 Å². The second-order valence-electron chi connectivity index (χ2n) is 7.15. The quantitative estimate of drug-likeness (QED) is 0.610. The van der Waals surface area contributed by atoms with Gasteiger partial charge < -0.3 is 19.4 Å². The van der Waals surface area contributed by atoms with Crippen LogP contribution in [0, 0.1) is 20.8 Å². The van der Waals surface area contributed by atoms with Crippen LogP contribution < -0.4 is 5.32 Å². The van der Waals surface area contributed by atoms with Crippen molar-refractivity contribution < 1.29 is 23.9 Å². The molecule has 3 aromatic rings. The Bertz CT molecular complexity index is 1110. The number of benzene rings is 2. The van der Waals surface area contributed by atoms with Crippen LogP contribution in [0.1, 0.15) is 37.7 Å². The maximum atomic E-state index is 12.6. The number of carbonyl (C=O) groups is 3. The zero-order chi connectivity index (χ0) is 22.5. The second kappa shape index (κ2) is 9.30. The molecule has 0 atom stereocenters. The Hall–Kier alpha value is -3.87. The molecule has 7 nitrogen and oxygen atoms in total. The molecule has 1 N–H and O–H groups in total. The highest BCUT2D eigenvalue weighted by molar-refractivity contribution is 5.96. The van der Waals surface area contributed by atoms with Crippen molar-refractivity contribution in [1.29, 1.82) is 0 Å². The van der Waals surface area contributed by atoms with E-state index in [4.69, 9.17) is 4.74 Å². The fourth-order valence-electron chi connectivity index (χ4n) is 3.27. The van der Waals surface area contributed by atoms with Gasteiger partial charge in [-0.05, 0) is 63.2 Å². The average molecular weight is 420 g/mol. The number of aromatic nitrogens is 1. The van der Waals surface area contributed by atoms with E-state index in [-0.39, 0.29) is 0 Å². The zero-order valence-electron chi connectivity index (χ0n) is 17.9. The Morgan fingerprint density at radius 3 is 2.16 bits per heavy atom. The van der Waals surface area contributed by atoms with Crippen molar-refractivity contribution in [2.75, 3.05) is 19.0 Å². The van der Waals surface area contributed by atoms with Crippen LogP contribution in [0.25, 0.3) is 5.69 Å². The predicted molar refractivity (Wildman–Crippen MR) is 117 cm³/mol. The molecular formula is C24H24N2O5.